The molecule has 0 radical (unpaired) electrons. The Morgan fingerprint density at radius 2 is 1.89 bits per heavy atom. The average Bonchev–Trinajstić information content (AvgIpc) is 3.02. The summed E-state index contributed by atoms with van der Waals surface area (Å²) in [5.41, 5.74) is 5.91. The van der Waals surface area contributed by atoms with E-state index >= 15 is 0 Å². The Kier molecular flexibility index (Phi) is 5.89. The van der Waals surface area contributed by atoms with Crippen molar-refractivity contribution in [2.75, 3.05) is 33.2 Å². The Hall–Kier alpha value is -2.60. The molecule has 0 aromatic carbocycles. The lowest BCUT2D eigenvalue weighted by atomic mass is 10.1. The van der Waals surface area contributed by atoms with Crippen molar-refractivity contribution >= 4 is 16.9 Å². The van der Waals surface area contributed by atoms with Crippen molar-refractivity contribution in [1.29, 1.82) is 0 Å². The number of methoxy groups -OCH3 is 2. The molecule has 0 aliphatic carbocycles. The molecule has 0 fully saturated rings. The average molecular weight is 383 g/mol. The molecular formula is C22H30N4O2. The number of fused-ring (bicyclic) bond motifs is 1. The molecule has 0 spiro atoms. The summed E-state index contributed by atoms with van der Waals surface area (Å²) in [5.74, 6) is 1.89. The van der Waals surface area contributed by atoms with Gasteiger partial charge in [0, 0.05) is 37.7 Å². The molecule has 3 rings (SSSR count). The fourth-order valence-corrected chi connectivity index (χ4v) is 3.52. The monoisotopic (exact) mass is 382 g/mol. The van der Waals surface area contributed by atoms with Gasteiger partial charge in [0.05, 0.1) is 30.8 Å². The molecule has 1 atom stereocenters. The summed E-state index contributed by atoms with van der Waals surface area (Å²) in [6.07, 6.45) is 2.13. The molecule has 0 aliphatic heterocycles. The van der Waals surface area contributed by atoms with Gasteiger partial charge in [0.1, 0.15) is 17.3 Å². The van der Waals surface area contributed by atoms with Crippen molar-refractivity contribution < 1.29 is 9.47 Å². The molecule has 6 heteroatoms. The lowest BCUT2D eigenvalue weighted by Gasteiger charge is -2.16. The van der Waals surface area contributed by atoms with Gasteiger partial charge in [-0.2, -0.15) is 0 Å². The maximum absolute atomic E-state index is 5.73. The number of nitrogens with zero attached hydrogens (tertiary/aromatic N) is 3. The number of aryl methyl sites for hydroxylation is 1. The standard InChI is InChI=1S/C22H30N4O2/c1-13(2)17-9-8-16(22(23-5)24-17)21-19(28-7)10-18-20(25-21)14(3)11-26(18)15(4)12-27-6/h8-11,13,15H,12H2,1-7H3,(H,23,24)/t15-/m0/s1. The highest BCUT2D eigenvalue weighted by molar-refractivity contribution is 5.88. The molecule has 3 aromatic heterocycles. The molecule has 3 heterocycles. The fourth-order valence-electron chi connectivity index (χ4n) is 3.52. The first-order valence-corrected chi connectivity index (χ1v) is 9.65. The Balaban J connectivity index is 2.21. The number of aromatic nitrogens is 3. The van der Waals surface area contributed by atoms with Gasteiger partial charge in [0.15, 0.2) is 0 Å². The summed E-state index contributed by atoms with van der Waals surface area (Å²) >= 11 is 0. The Morgan fingerprint density at radius 1 is 1.14 bits per heavy atom. The smallest absolute Gasteiger partial charge is 0.147 e. The van der Waals surface area contributed by atoms with Crippen LogP contribution >= 0.6 is 0 Å². The van der Waals surface area contributed by atoms with Crippen molar-refractivity contribution in [3.05, 3.63) is 35.7 Å². The highest BCUT2D eigenvalue weighted by Crippen LogP contribution is 2.37. The molecule has 1 N–H and O–H groups in total. The zero-order valence-corrected chi connectivity index (χ0v) is 17.8. The first-order valence-electron chi connectivity index (χ1n) is 9.65. The second-order valence-corrected chi connectivity index (χ2v) is 7.47. The van der Waals surface area contributed by atoms with Crippen LogP contribution in [0.25, 0.3) is 22.3 Å². The summed E-state index contributed by atoms with van der Waals surface area (Å²) in [7, 11) is 5.29. The molecule has 150 valence electrons. The Bertz CT molecular complexity index is 978. The summed E-state index contributed by atoms with van der Waals surface area (Å²) in [4.78, 5) is 9.77. The van der Waals surface area contributed by atoms with Crippen LogP contribution < -0.4 is 10.1 Å². The van der Waals surface area contributed by atoms with Crippen LogP contribution in [0.2, 0.25) is 0 Å². The topological polar surface area (TPSA) is 61.2 Å². The number of hydrogen-bond donors (Lipinski definition) is 1. The summed E-state index contributed by atoms with van der Waals surface area (Å²) < 4.78 is 13.3. The van der Waals surface area contributed by atoms with Crippen LogP contribution in [0, 0.1) is 6.92 Å². The van der Waals surface area contributed by atoms with Gasteiger partial charge in [-0.25, -0.2) is 9.97 Å². The normalized spacial score (nSPS) is 12.6. The quantitative estimate of drug-likeness (QED) is 0.637. The predicted molar refractivity (Wildman–Crippen MR) is 114 cm³/mol. The number of nitrogens with one attached hydrogen (secondary N) is 1. The molecule has 0 amide bonds. The van der Waals surface area contributed by atoms with Gasteiger partial charge in [-0.15, -0.1) is 0 Å². The molecule has 6 nitrogen and oxygen atoms in total. The largest absolute Gasteiger partial charge is 0.494 e. The van der Waals surface area contributed by atoms with E-state index in [-0.39, 0.29) is 6.04 Å². The van der Waals surface area contributed by atoms with Gasteiger partial charge in [0.25, 0.3) is 0 Å². The molecule has 0 bridgehead atoms. The van der Waals surface area contributed by atoms with Gasteiger partial charge in [-0.3, -0.25) is 0 Å². The maximum Gasteiger partial charge on any atom is 0.147 e. The van der Waals surface area contributed by atoms with Crippen LogP contribution in [0.15, 0.2) is 24.4 Å². The first kappa shape index (κ1) is 20.1. The number of pyridine rings is 2. The number of ether oxygens (including phenoxy) is 2. The van der Waals surface area contributed by atoms with Crippen molar-refractivity contribution in [3.63, 3.8) is 0 Å². The Morgan fingerprint density at radius 3 is 2.50 bits per heavy atom. The van der Waals surface area contributed by atoms with Gasteiger partial charge in [-0.05, 0) is 37.5 Å². The van der Waals surface area contributed by atoms with Crippen molar-refractivity contribution in [2.24, 2.45) is 0 Å². The molecule has 28 heavy (non-hydrogen) atoms. The van der Waals surface area contributed by atoms with Gasteiger partial charge in [-0.1, -0.05) is 13.8 Å². The van der Waals surface area contributed by atoms with E-state index in [9.17, 15) is 0 Å². The third-order valence-electron chi connectivity index (χ3n) is 5.05. The van der Waals surface area contributed by atoms with Crippen molar-refractivity contribution in [3.8, 4) is 17.0 Å². The Labute approximate surface area is 166 Å². The van der Waals surface area contributed by atoms with Crippen LogP contribution in [0.3, 0.4) is 0 Å². The molecule has 0 unspecified atom stereocenters. The van der Waals surface area contributed by atoms with E-state index in [1.54, 1.807) is 14.2 Å². The second-order valence-electron chi connectivity index (χ2n) is 7.47. The molecule has 0 saturated carbocycles. The lowest BCUT2D eigenvalue weighted by molar-refractivity contribution is 0.164. The summed E-state index contributed by atoms with van der Waals surface area (Å²) in [6.45, 7) is 9.13. The van der Waals surface area contributed by atoms with E-state index in [0.717, 1.165) is 45.1 Å². The van der Waals surface area contributed by atoms with Crippen LogP contribution in [-0.2, 0) is 4.74 Å². The third-order valence-corrected chi connectivity index (χ3v) is 5.05. The van der Waals surface area contributed by atoms with E-state index in [0.29, 0.717) is 12.5 Å². The lowest BCUT2D eigenvalue weighted by Crippen LogP contribution is -2.10. The maximum atomic E-state index is 5.73. The zero-order valence-electron chi connectivity index (χ0n) is 17.8. The summed E-state index contributed by atoms with van der Waals surface area (Å²) in [5, 5.41) is 3.22. The minimum Gasteiger partial charge on any atom is -0.494 e. The molecule has 0 aliphatic rings. The van der Waals surface area contributed by atoms with Crippen LogP contribution in [-0.4, -0.2) is 42.4 Å². The second kappa shape index (κ2) is 8.19. The summed E-state index contributed by atoms with van der Waals surface area (Å²) in [6, 6.07) is 6.40. The van der Waals surface area contributed by atoms with Crippen LogP contribution in [0.4, 0.5) is 5.82 Å². The molecule has 0 saturated heterocycles. The zero-order chi connectivity index (χ0) is 20.4. The molecular weight excluding hydrogens is 352 g/mol. The third kappa shape index (κ3) is 3.56. The number of hydrogen-bond acceptors (Lipinski definition) is 5. The first-order chi connectivity index (χ1) is 13.4. The minimum absolute atomic E-state index is 0.207. The highest BCUT2D eigenvalue weighted by Gasteiger charge is 2.19. The van der Waals surface area contributed by atoms with Crippen LogP contribution in [0.1, 0.15) is 44.0 Å². The van der Waals surface area contributed by atoms with E-state index in [1.165, 1.54) is 0 Å². The van der Waals surface area contributed by atoms with E-state index in [2.05, 4.69) is 62.0 Å². The highest BCUT2D eigenvalue weighted by atomic mass is 16.5. The number of anilines is 1. The van der Waals surface area contributed by atoms with E-state index in [1.807, 2.05) is 7.05 Å². The van der Waals surface area contributed by atoms with Gasteiger partial charge >= 0.3 is 0 Å². The van der Waals surface area contributed by atoms with E-state index < -0.39 is 0 Å². The molecule has 3 aromatic rings. The van der Waals surface area contributed by atoms with Gasteiger partial charge < -0.3 is 19.4 Å². The minimum atomic E-state index is 0.207. The SMILES string of the molecule is CNc1nc(C(C)C)ccc1-c1nc2c(C)cn([C@@H](C)COC)c2cc1OC. The predicted octanol–water partition coefficient (Wildman–Crippen LogP) is 4.79. The van der Waals surface area contributed by atoms with Crippen molar-refractivity contribution in [1.82, 2.24) is 14.5 Å². The fraction of sp³-hybridized carbons (Fsp3) is 0.455. The van der Waals surface area contributed by atoms with Crippen molar-refractivity contribution in [2.45, 2.75) is 39.7 Å². The van der Waals surface area contributed by atoms with Gasteiger partial charge in [0.2, 0.25) is 0 Å². The van der Waals surface area contributed by atoms with Crippen LogP contribution in [0.5, 0.6) is 5.75 Å². The van der Waals surface area contributed by atoms with E-state index in [4.69, 9.17) is 19.4 Å². The number of rotatable bonds is 7.